The average Bonchev–Trinajstić information content (AvgIpc) is 3.43. The number of nitrogens with two attached hydrogens (primary N) is 1. The van der Waals surface area contributed by atoms with E-state index < -0.39 is 5.92 Å². The Labute approximate surface area is 262 Å². The fourth-order valence-corrected chi connectivity index (χ4v) is 7.30. The van der Waals surface area contributed by atoms with E-state index in [1.807, 2.05) is 32.0 Å². The first-order valence-corrected chi connectivity index (χ1v) is 15.4. The number of nitrogens with one attached hydrogen (secondary N) is 1. The van der Waals surface area contributed by atoms with E-state index in [4.69, 9.17) is 26.8 Å². The number of ketones is 1. The van der Waals surface area contributed by atoms with Crippen LogP contribution in [0.2, 0.25) is 5.02 Å². The van der Waals surface area contributed by atoms with E-state index in [9.17, 15) is 14.9 Å². The van der Waals surface area contributed by atoms with Crippen molar-refractivity contribution in [2.75, 3.05) is 30.2 Å². The van der Waals surface area contributed by atoms with E-state index >= 15 is 0 Å². The first kappa shape index (κ1) is 30.4. The van der Waals surface area contributed by atoms with Gasteiger partial charge in [-0.1, -0.05) is 66.7 Å². The van der Waals surface area contributed by atoms with E-state index in [1.54, 1.807) is 36.3 Å². The number of anilines is 2. The molecule has 1 atom stereocenters. The Morgan fingerprint density at radius 1 is 1.21 bits per heavy atom. The number of carbonyl (C=O) groups is 2. The lowest BCUT2D eigenvalue weighted by molar-refractivity contribution is -0.118. The van der Waals surface area contributed by atoms with Crippen molar-refractivity contribution in [2.24, 2.45) is 11.1 Å². The second kappa shape index (κ2) is 12.3. The maximum absolute atomic E-state index is 13.8. The molecular formula is C30H29ClN6O4S2. The molecule has 3 N–H and O–H groups in total. The lowest BCUT2D eigenvalue weighted by atomic mass is 9.68. The van der Waals surface area contributed by atoms with Crippen molar-refractivity contribution in [2.45, 2.75) is 36.9 Å². The molecule has 1 aromatic heterocycles. The summed E-state index contributed by atoms with van der Waals surface area (Å²) < 4.78 is 11.3. The van der Waals surface area contributed by atoms with Crippen LogP contribution in [0.15, 0.2) is 69.5 Å². The number of ether oxygens (including phenoxy) is 2. The number of hydrogen-bond acceptors (Lipinski definition) is 11. The summed E-state index contributed by atoms with van der Waals surface area (Å²) in [5.74, 6) is 0.352. The molecule has 5 rings (SSSR count). The van der Waals surface area contributed by atoms with Crippen LogP contribution >= 0.6 is 34.7 Å². The highest BCUT2D eigenvalue weighted by Gasteiger charge is 2.46. The molecule has 2 aromatic carbocycles. The highest BCUT2D eigenvalue weighted by molar-refractivity contribution is 8.01. The van der Waals surface area contributed by atoms with Gasteiger partial charge in [0.1, 0.15) is 17.3 Å². The fraction of sp³-hybridized carbons (Fsp3) is 0.300. The molecule has 43 heavy (non-hydrogen) atoms. The maximum atomic E-state index is 13.8. The maximum Gasteiger partial charge on any atom is 0.234 e. The number of rotatable bonds is 8. The van der Waals surface area contributed by atoms with Crippen LogP contribution in [0, 0.1) is 16.7 Å². The van der Waals surface area contributed by atoms with Crippen LogP contribution in [0.3, 0.4) is 0 Å². The molecule has 1 unspecified atom stereocenters. The minimum Gasteiger partial charge on any atom is -0.496 e. The monoisotopic (exact) mass is 636 g/mol. The lowest BCUT2D eigenvalue weighted by Gasteiger charge is -2.42. The molecule has 2 aliphatic rings. The number of para-hydroxylation sites is 1. The number of aromatic nitrogens is 2. The molecule has 0 bridgehead atoms. The van der Waals surface area contributed by atoms with Crippen LogP contribution in [0.4, 0.5) is 10.8 Å². The Balaban J connectivity index is 1.45. The van der Waals surface area contributed by atoms with Gasteiger partial charge in [-0.25, -0.2) is 0 Å². The molecule has 0 saturated heterocycles. The third kappa shape index (κ3) is 6.06. The van der Waals surface area contributed by atoms with Gasteiger partial charge in [-0.15, -0.1) is 10.2 Å². The number of carbonyl (C=O) groups excluding carboxylic acids is 2. The van der Waals surface area contributed by atoms with E-state index in [0.29, 0.717) is 61.4 Å². The molecule has 222 valence electrons. The largest absolute Gasteiger partial charge is 0.496 e. The van der Waals surface area contributed by atoms with Crippen LogP contribution in [0.1, 0.15) is 38.2 Å². The van der Waals surface area contributed by atoms with Crippen LogP contribution in [-0.2, 0) is 9.59 Å². The van der Waals surface area contributed by atoms with Crippen LogP contribution in [0.5, 0.6) is 11.5 Å². The third-order valence-corrected chi connectivity index (χ3v) is 9.52. The number of amides is 1. The molecule has 3 aromatic rings. The van der Waals surface area contributed by atoms with Gasteiger partial charge in [0, 0.05) is 28.9 Å². The zero-order chi connectivity index (χ0) is 30.9. The first-order valence-electron chi connectivity index (χ1n) is 13.3. The van der Waals surface area contributed by atoms with Gasteiger partial charge in [0.2, 0.25) is 11.0 Å². The number of thioether (sulfide) groups is 1. The molecule has 2 heterocycles. The van der Waals surface area contributed by atoms with Crippen molar-refractivity contribution < 1.29 is 19.1 Å². The fourth-order valence-electron chi connectivity index (χ4n) is 5.36. The smallest absolute Gasteiger partial charge is 0.234 e. The molecule has 13 heteroatoms. The lowest BCUT2D eigenvalue weighted by Crippen LogP contribution is -2.42. The number of nitrogens with zero attached hydrogens (tertiary/aromatic N) is 4. The summed E-state index contributed by atoms with van der Waals surface area (Å²) in [6.07, 6.45) is 0.865. The Kier molecular flexibility index (Phi) is 8.69. The molecule has 0 spiro atoms. The number of allylic oxidation sites excluding steroid dienone is 3. The molecule has 1 amide bonds. The number of halogens is 1. The Bertz CT molecular complexity index is 1710. The number of hydrogen-bond donors (Lipinski definition) is 2. The molecule has 1 aliphatic carbocycles. The number of benzene rings is 2. The third-order valence-electron chi connectivity index (χ3n) is 7.18. The quantitative estimate of drug-likeness (QED) is 0.288. The van der Waals surface area contributed by atoms with E-state index in [0.717, 1.165) is 0 Å². The minimum atomic E-state index is -0.673. The molecule has 1 aliphatic heterocycles. The van der Waals surface area contributed by atoms with Crippen LogP contribution in [-0.4, -0.2) is 41.9 Å². The second-order valence-electron chi connectivity index (χ2n) is 10.8. The highest BCUT2D eigenvalue weighted by Crippen LogP contribution is 2.52. The summed E-state index contributed by atoms with van der Waals surface area (Å²) in [6.45, 7) is 4.06. The average molecular weight is 637 g/mol. The second-order valence-corrected chi connectivity index (χ2v) is 13.3. The standard InChI is InChI=1S/C30H29ClN6O4S2/c1-30(2)12-20-26(21(38)13-30)25(17-7-5-6-8-22(17)40-3)18(14-32)27(33)37(20)28-35-36-29(43-28)42-15-24(39)34-16-9-10-23(41-4)19(31)11-16/h5-11,25H,12-13,15,33H2,1-4H3,(H,34,39). The topological polar surface area (TPSA) is 143 Å². The summed E-state index contributed by atoms with van der Waals surface area (Å²) in [5, 5.41) is 22.6. The summed E-state index contributed by atoms with van der Waals surface area (Å²) in [4.78, 5) is 28.1. The SMILES string of the molecule is COc1ccc(NC(=O)CSc2nnc(N3C(N)=C(C#N)C(c4ccccc4OC)C4=C3CC(C)(C)CC4=O)s2)cc1Cl. The first-order chi connectivity index (χ1) is 20.6. The molecule has 0 saturated carbocycles. The van der Waals surface area contributed by atoms with Gasteiger partial charge < -0.3 is 20.5 Å². The number of Topliss-reactive ketones (excluding diaryl/α,β-unsaturated/α-hetero) is 1. The minimum absolute atomic E-state index is 0.0539. The van der Waals surface area contributed by atoms with E-state index in [2.05, 4.69) is 21.6 Å². The molecule has 0 fully saturated rings. The Hall–Kier alpha value is -4.05. The van der Waals surface area contributed by atoms with Gasteiger partial charge in [0.15, 0.2) is 10.1 Å². The van der Waals surface area contributed by atoms with E-state index in [1.165, 1.54) is 30.2 Å². The van der Waals surface area contributed by atoms with Gasteiger partial charge in [-0.05, 0) is 36.1 Å². The summed E-state index contributed by atoms with van der Waals surface area (Å²) in [7, 11) is 3.07. The van der Waals surface area contributed by atoms with Crippen LogP contribution in [0.25, 0.3) is 0 Å². The predicted molar refractivity (Wildman–Crippen MR) is 167 cm³/mol. The number of nitriles is 1. The van der Waals surface area contributed by atoms with Crippen molar-refractivity contribution in [3.63, 3.8) is 0 Å². The number of methoxy groups -OCH3 is 2. The Morgan fingerprint density at radius 2 is 1.95 bits per heavy atom. The molecule has 10 nitrogen and oxygen atoms in total. The highest BCUT2D eigenvalue weighted by atomic mass is 35.5. The van der Waals surface area contributed by atoms with Crippen molar-refractivity contribution in [1.29, 1.82) is 5.26 Å². The summed E-state index contributed by atoms with van der Waals surface area (Å²) in [6, 6.07) is 14.6. The molecule has 0 radical (unpaired) electrons. The van der Waals surface area contributed by atoms with Crippen molar-refractivity contribution in [3.05, 3.63) is 75.7 Å². The van der Waals surface area contributed by atoms with E-state index in [-0.39, 0.29) is 34.3 Å². The zero-order valence-electron chi connectivity index (χ0n) is 23.9. The molecular weight excluding hydrogens is 608 g/mol. The van der Waals surface area contributed by atoms with Gasteiger partial charge in [-0.2, -0.15) is 5.26 Å². The van der Waals surface area contributed by atoms with Crippen molar-refractivity contribution in [1.82, 2.24) is 10.2 Å². The van der Waals surface area contributed by atoms with Crippen LogP contribution < -0.4 is 25.4 Å². The normalized spacial score (nSPS) is 17.8. The van der Waals surface area contributed by atoms with Gasteiger partial charge >= 0.3 is 0 Å². The van der Waals surface area contributed by atoms with Gasteiger partial charge in [-0.3, -0.25) is 14.5 Å². The van der Waals surface area contributed by atoms with Crippen molar-refractivity contribution >= 4 is 57.2 Å². The zero-order valence-corrected chi connectivity index (χ0v) is 26.3. The Morgan fingerprint density at radius 3 is 2.65 bits per heavy atom. The van der Waals surface area contributed by atoms with Gasteiger partial charge in [0.25, 0.3) is 0 Å². The predicted octanol–water partition coefficient (Wildman–Crippen LogP) is 5.88. The van der Waals surface area contributed by atoms with Crippen molar-refractivity contribution in [3.8, 4) is 17.6 Å². The summed E-state index contributed by atoms with van der Waals surface area (Å²) >= 11 is 8.60. The van der Waals surface area contributed by atoms with Gasteiger partial charge in [0.05, 0.1) is 42.6 Å². The summed E-state index contributed by atoms with van der Waals surface area (Å²) in [5.41, 5.74) is 9.05.